The molecule has 0 radical (unpaired) electrons. The van der Waals surface area contributed by atoms with Gasteiger partial charge in [-0.3, -0.25) is 9.48 Å². The van der Waals surface area contributed by atoms with Crippen LogP contribution in [0.1, 0.15) is 41.6 Å². The quantitative estimate of drug-likeness (QED) is 0.843. The molecule has 0 saturated heterocycles. The van der Waals surface area contributed by atoms with Gasteiger partial charge < -0.3 is 5.73 Å². The monoisotopic (exact) mass is 243 g/mol. The number of nitrogen functional groups attached to an aromatic ring is 1. The lowest BCUT2D eigenvalue weighted by Crippen LogP contribution is -2.14. The molecule has 2 aromatic rings. The largest absolute Gasteiger partial charge is 0.395 e. The van der Waals surface area contributed by atoms with E-state index in [2.05, 4.69) is 5.10 Å². The maximum absolute atomic E-state index is 12.5. The third-order valence-electron chi connectivity index (χ3n) is 2.87. The molecular formula is C14H17N3O. The predicted molar refractivity (Wildman–Crippen MR) is 71.6 cm³/mol. The Morgan fingerprint density at radius 2 is 1.89 bits per heavy atom. The molecule has 4 nitrogen and oxygen atoms in total. The number of aromatic nitrogens is 2. The third-order valence-corrected chi connectivity index (χ3v) is 2.87. The van der Waals surface area contributed by atoms with Gasteiger partial charge in [0.2, 0.25) is 5.78 Å². The first kappa shape index (κ1) is 12.4. The molecule has 1 aromatic heterocycles. The summed E-state index contributed by atoms with van der Waals surface area (Å²) in [6, 6.07) is 9.23. The molecule has 4 heteroatoms. The van der Waals surface area contributed by atoms with Crippen molar-refractivity contribution < 1.29 is 4.79 Å². The zero-order valence-electron chi connectivity index (χ0n) is 10.8. The number of nitrogens with zero attached hydrogens (tertiary/aromatic N) is 2. The van der Waals surface area contributed by atoms with Crippen LogP contribution in [-0.2, 0) is 0 Å². The average molecular weight is 243 g/mol. The Labute approximate surface area is 106 Å². The zero-order valence-corrected chi connectivity index (χ0v) is 10.8. The van der Waals surface area contributed by atoms with Crippen molar-refractivity contribution >= 4 is 11.5 Å². The fraction of sp³-hybridized carbons (Fsp3) is 0.286. The number of hydrogen-bond acceptors (Lipinski definition) is 3. The van der Waals surface area contributed by atoms with Crippen molar-refractivity contribution in [2.24, 2.45) is 0 Å². The van der Waals surface area contributed by atoms with E-state index in [0.717, 1.165) is 0 Å². The van der Waals surface area contributed by atoms with Crippen molar-refractivity contribution in [2.75, 3.05) is 5.73 Å². The first-order valence-electron chi connectivity index (χ1n) is 5.96. The molecule has 0 aliphatic carbocycles. The number of nitrogens with two attached hydrogens (primary N) is 1. The first-order chi connectivity index (χ1) is 8.52. The first-order valence-corrected chi connectivity index (χ1v) is 5.96. The molecule has 0 atom stereocenters. The second-order valence-electron chi connectivity index (χ2n) is 4.58. The van der Waals surface area contributed by atoms with Crippen molar-refractivity contribution in [3.05, 3.63) is 47.3 Å². The van der Waals surface area contributed by atoms with Crippen LogP contribution in [0, 0.1) is 6.92 Å². The molecule has 1 aromatic carbocycles. The highest BCUT2D eigenvalue weighted by Gasteiger charge is 2.22. The number of benzene rings is 1. The Balaban J connectivity index is 2.54. The molecule has 0 spiro atoms. The van der Waals surface area contributed by atoms with E-state index in [4.69, 9.17) is 5.73 Å². The minimum Gasteiger partial charge on any atom is -0.395 e. The van der Waals surface area contributed by atoms with Gasteiger partial charge in [0.05, 0.1) is 11.4 Å². The molecule has 0 unspecified atom stereocenters. The lowest BCUT2D eigenvalue weighted by molar-refractivity contribution is 0.102. The maximum Gasteiger partial charge on any atom is 0.213 e. The van der Waals surface area contributed by atoms with E-state index in [0.29, 0.717) is 22.6 Å². The minimum absolute atomic E-state index is 0.0811. The van der Waals surface area contributed by atoms with Crippen LogP contribution >= 0.6 is 0 Å². The summed E-state index contributed by atoms with van der Waals surface area (Å²) in [5, 5.41) is 4.33. The third kappa shape index (κ3) is 2.01. The molecule has 0 amide bonds. The van der Waals surface area contributed by atoms with Gasteiger partial charge in [0.15, 0.2) is 0 Å². The topological polar surface area (TPSA) is 60.9 Å². The number of rotatable bonds is 3. The Bertz CT molecular complexity index is 570. The van der Waals surface area contributed by atoms with Crippen LogP contribution in [-0.4, -0.2) is 15.6 Å². The smallest absolute Gasteiger partial charge is 0.213 e. The van der Waals surface area contributed by atoms with E-state index in [1.807, 2.05) is 39.0 Å². The molecule has 94 valence electrons. The van der Waals surface area contributed by atoms with Gasteiger partial charge in [-0.1, -0.05) is 30.3 Å². The number of aryl methyl sites for hydroxylation is 1. The van der Waals surface area contributed by atoms with Gasteiger partial charge in [-0.05, 0) is 20.8 Å². The highest BCUT2D eigenvalue weighted by atomic mass is 16.1. The van der Waals surface area contributed by atoms with E-state index in [9.17, 15) is 4.79 Å². The zero-order chi connectivity index (χ0) is 13.3. The van der Waals surface area contributed by atoms with Gasteiger partial charge in [-0.2, -0.15) is 5.10 Å². The van der Waals surface area contributed by atoms with Crippen molar-refractivity contribution in [2.45, 2.75) is 26.8 Å². The summed E-state index contributed by atoms with van der Waals surface area (Å²) in [6.07, 6.45) is 0. The Kier molecular flexibility index (Phi) is 3.19. The predicted octanol–water partition coefficient (Wildman–Crippen LogP) is 2.59. The SMILES string of the molecule is Cc1nn(C(C)C)c(C(=O)c2ccccc2)c1N. The Morgan fingerprint density at radius 3 is 2.44 bits per heavy atom. The fourth-order valence-electron chi connectivity index (χ4n) is 1.89. The van der Waals surface area contributed by atoms with E-state index < -0.39 is 0 Å². The van der Waals surface area contributed by atoms with Crippen LogP contribution in [0.4, 0.5) is 5.69 Å². The van der Waals surface area contributed by atoms with Crippen molar-refractivity contribution in [3.8, 4) is 0 Å². The number of hydrogen-bond donors (Lipinski definition) is 1. The standard InChI is InChI=1S/C14H17N3O/c1-9(2)17-13(12(15)10(3)16-17)14(18)11-7-5-4-6-8-11/h4-9H,15H2,1-3H3. The van der Waals surface area contributed by atoms with Crippen LogP contribution in [0.5, 0.6) is 0 Å². The van der Waals surface area contributed by atoms with Gasteiger partial charge in [-0.15, -0.1) is 0 Å². The molecule has 1 heterocycles. The van der Waals surface area contributed by atoms with Crippen LogP contribution in [0.15, 0.2) is 30.3 Å². The van der Waals surface area contributed by atoms with Crippen LogP contribution in [0.3, 0.4) is 0 Å². The summed E-state index contributed by atoms with van der Waals surface area (Å²) in [4.78, 5) is 12.5. The molecule has 0 aliphatic rings. The lowest BCUT2D eigenvalue weighted by Gasteiger charge is -2.10. The normalized spacial score (nSPS) is 10.9. The summed E-state index contributed by atoms with van der Waals surface area (Å²) < 4.78 is 1.69. The average Bonchev–Trinajstić information content (AvgIpc) is 2.66. The van der Waals surface area contributed by atoms with Gasteiger partial charge >= 0.3 is 0 Å². The molecule has 0 aliphatic heterocycles. The highest BCUT2D eigenvalue weighted by Crippen LogP contribution is 2.23. The molecule has 0 saturated carbocycles. The number of ketones is 1. The molecule has 0 fully saturated rings. The molecule has 0 bridgehead atoms. The Morgan fingerprint density at radius 1 is 1.28 bits per heavy atom. The second kappa shape index (κ2) is 4.64. The van der Waals surface area contributed by atoms with Gasteiger partial charge in [0, 0.05) is 11.6 Å². The Hall–Kier alpha value is -2.10. The number of carbonyl (C=O) groups is 1. The number of carbonyl (C=O) groups excluding carboxylic acids is 1. The summed E-state index contributed by atoms with van der Waals surface area (Å²) >= 11 is 0. The molecular weight excluding hydrogens is 226 g/mol. The minimum atomic E-state index is -0.0811. The van der Waals surface area contributed by atoms with Crippen molar-refractivity contribution in [3.63, 3.8) is 0 Å². The summed E-state index contributed by atoms with van der Waals surface area (Å²) in [5.74, 6) is -0.0811. The van der Waals surface area contributed by atoms with Crippen LogP contribution < -0.4 is 5.73 Å². The summed E-state index contributed by atoms with van der Waals surface area (Å²) in [7, 11) is 0. The fourth-order valence-corrected chi connectivity index (χ4v) is 1.89. The molecule has 2 rings (SSSR count). The molecule has 18 heavy (non-hydrogen) atoms. The lowest BCUT2D eigenvalue weighted by atomic mass is 10.1. The van der Waals surface area contributed by atoms with E-state index in [1.54, 1.807) is 16.8 Å². The van der Waals surface area contributed by atoms with E-state index >= 15 is 0 Å². The van der Waals surface area contributed by atoms with Crippen molar-refractivity contribution in [1.29, 1.82) is 0 Å². The van der Waals surface area contributed by atoms with Crippen LogP contribution in [0.2, 0.25) is 0 Å². The number of anilines is 1. The molecule has 2 N–H and O–H groups in total. The van der Waals surface area contributed by atoms with E-state index in [-0.39, 0.29) is 11.8 Å². The van der Waals surface area contributed by atoms with Crippen molar-refractivity contribution in [1.82, 2.24) is 9.78 Å². The maximum atomic E-state index is 12.5. The van der Waals surface area contributed by atoms with Gasteiger partial charge in [0.25, 0.3) is 0 Å². The summed E-state index contributed by atoms with van der Waals surface area (Å²) in [5.41, 5.74) is 8.25. The summed E-state index contributed by atoms with van der Waals surface area (Å²) in [6.45, 7) is 5.78. The van der Waals surface area contributed by atoms with Crippen LogP contribution in [0.25, 0.3) is 0 Å². The van der Waals surface area contributed by atoms with Gasteiger partial charge in [-0.25, -0.2) is 0 Å². The van der Waals surface area contributed by atoms with Gasteiger partial charge in [0.1, 0.15) is 5.69 Å². The van der Waals surface area contributed by atoms with E-state index in [1.165, 1.54) is 0 Å². The highest BCUT2D eigenvalue weighted by molar-refractivity contribution is 6.11. The second-order valence-corrected chi connectivity index (χ2v) is 4.58.